The minimum Gasteiger partial charge on any atom is -0.507 e. The third-order valence-corrected chi connectivity index (χ3v) is 6.33. The van der Waals surface area contributed by atoms with Gasteiger partial charge in [-0.15, -0.1) is 0 Å². The highest BCUT2D eigenvalue weighted by Crippen LogP contribution is 2.41. The van der Waals surface area contributed by atoms with E-state index in [0.717, 1.165) is 5.56 Å². The third kappa shape index (κ3) is 5.50. The molecule has 1 fully saturated rings. The summed E-state index contributed by atoms with van der Waals surface area (Å²) < 4.78 is 24.5. The van der Waals surface area contributed by atoms with E-state index < -0.39 is 17.7 Å². The number of methoxy groups -OCH3 is 1. The van der Waals surface area contributed by atoms with Gasteiger partial charge in [-0.25, -0.2) is 4.39 Å². The highest BCUT2D eigenvalue weighted by atomic mass is 19.1. The maximum atomic E-state index is 13.4. The first-order valence-corrected chi connectivity index (χ1v) is 12.1. The quantitative estimate of drug-likeness (QED) is 0.246. The van der Waals surface area contributed by atoms with Crippen molar-refractivity contribution in [2.45, 2.75) is 39.3 Å². The minimum absolute atomic E-state index is 0.0130. The fourth-order valence-corrected chi connectivity index (χ4v) is 4.56. The average molecular weight is 504 g/mol. The number of halogens is 1. The SMILES string of the molecule is COc1ccc(/C(O)=C2\C(=O)C(=O)N(CCc3ccc(F)cc3)C2c2cccc(OC(C)C)c2)c(C)c1. The van der Waals surface area contributed by atoms with Crippen molar-refractivity contribution >= 4 is 17.4 Å². The van der Waals surface area contributed by atoms with Gasteiger partial charge in [-0.1, -0.05) is 24.3 Å². The Kier molecular flexibility index (Phi) is 7.62. The molecule has 0 aromatic heterocycles. The molecular formula is C30H30FNO5. The maximum absolute atomic E-state index is 13.4. The van der Waals surface area contributed by atoms with E-state index in [9.17, 15) is 19.1 Å². The second-order valence-corrected chi connectivity index (χ2v) is 9.29. The molecule has 3 aromatic rings. The molecule has 4 rings (SSSR count). The summed E-state index contributed by atoms with van der Waals surface area (Å²) in [5.41, 5.74) is 2.62. The van der Waals surface area contributed by atoms with Crippen LogP contribution in [0.3, 0.4) is 0 Å². The Labute approximate surface area is 215 Å². The van der Waals surface area contributed by atoms with Crippen LogP contribution < -0.4 is 9.47 Å². The number of carbonyl (C=O) groups excluding carboxylic acids is 2. The van der Waals surface area contributed by atoms with E-state index in [0.29, 0.717) is 34.6 Å². The molecule has 1 aliphatic heterocycles. The number of benzene rings is 3. The van der Waals surface area contributed by atoms with E-state index in [1.54, 1.807) is 56.5 Å². The fraction of sp³-hybridized carbons (Fsp3) is 0.267. The van der Waals surface area contributed by atoms with Crippen LogP contribution in [0.4, 0.5) is 4.39 Å². The summed E-state index contributed by atoms with van der Waals surface area (Å²) in [5, 5.41) is 11.4. The lowest BCUT2D eigenvalue weighted by Crippen LogP contribution is -2.31. The highest BCUT2D eigenvalue weighted by Gasteiger charge is 2.46. The Balaban J connectivity index is 1.81. The van der Waals surface area contributed by atoms with E-state index in [4.69, 9.17) is 9.47 Å². The standard InChI is InChI=1S/C30H30FNO5/c1-18(2)37-24-7-5-6-21(17-24)27-26(28(33)25-13-12-23(36-4)16-19(25)3)29(34)30(35)32(27)15-14-20-8-10-22(31)11-9-20/h5-13,16-18,27,33H,14-15H2,1-4H3/b28-26+. The zero-order valence-electron chi connectivity index (χ0n) is 21.3. The van der Waals surface area contributed by atoms with Crippen LogP contribution in [-0.2, 0) is 16.0 Å². The number of ketones is 1. The second-order valence-electron chi connectivity index (χ2n) is 9.29. The molecule has 0 saturated carbocycles. The number of hydrogen-bond acceptors (Lipinski definition) is 5. The van der Waals surface area contributed by atoms with Crippen LogP contribution in [0.25, 0.3) is 5.76 Å². The smallest absolute Gasteiger partial charge is 0.295 e. The number of aryl methyl sites for hydroxylation is 1. The van der Waals surface area contributed by atoms with Crippen molar-refractivity contribution in [1.29, 1.82) is 0 Å². The first-order valence-electron chi connectivity index (χ1n) is 12.1. The molecule has 1 saturated heterocycles. The van der Waals surface area contributed by atoms with Crippen molar-refractivity contribution in [3.05, 3.63) is 100 Å². The van der Waals surface area contributed by atoms with Crippen LogP contribution in [0.1, 0.15) is 42.1 Å². The van der Waals surface area contributed by atoms with Crippen LogP contribution in [-0.4, -0.2) is 41.5 Å². The van der Waals surface area contributed by atoms with Gasteiger partial charge in [0.05, 0.1) is 24.8 Å². The van der Waals surface area contributed by atoms with Gasteiger partial charge in [0.2, 0.25) is 0 Å². The summed E-state index contributed by atoms with van der Waals surface area (Å²) in [6, 6.07) is 17.5. The third-order valence-electron chi connectivity index (χ3n) is 6.33. The molecule has 1 amide bonds. The van der Waals surface area contributed by atoms with Gasteiger partial charge < -0.3 is 19.5 Å². The lowest BCUT2D eigenvalue weighted by Gasteiger charge is -2.26. The first kappa shape index (κ1) is 25.9. The molecular weight excluding hydrogens is 473 g/mol. The number of rotatable bonds is 8. The molecule has 3 aromatic carbocycles. The molecule has 0 radical (unpaired) electrons. The molecule has 1 aliphatic rings. The Bertz CT molecular complexity index is 1350. The largest absolute Gasteiger partial charge is 0.507 e. The van der Waals surface area contributed by atoms with Crippen LogP contribution in [0, 0.1) is 12.7 Å². The molecule has 6 nitrogen and oxygen atoms in total. The summed E-state index contributed by atoms with van der Waals surface area (Å²) in [6.07, 6.45) is 0.343. The zero-order chi connectivity index (χ0) is 26.7. The van der Waals surface area contributed by atoms with E-state index in [1.165, 1.54) is 17.0 Å². The van der Waals surface area contributed by atoms with Crippen LogP contribution in [0.5, 0.6) is 11.5 Å². The summed E-state index contributed by atoms with van der Waals surface area (Å²) >= 11 is 0. The molecule has 7 heteroatoms. The number of Topliss-reactive ketones (excluding diaryl/α,β-unsaturated/α-hetero) is 1. The normalized spacial score (nSPS) is 16.9. The molecule has 1 N–H and O–H groups in total. The van der Waals surface area contributed by atoms with Gasteiger partial charge in [0.15, 0.2) is 0 Å². The van der Waals surface area contributed by atoms with Gasteiger partial charge in [-0.3, -0.25) is 9.59 Å². The number of hydrogen-bond donors (Lipinski definition) is 1. The molecule has 37 heavy (non-hydrogen) atoms. The Morgan fingerprint density at radius 2 is 1.76 bits per heavy atom. The van der Waals surface area contributed by atoms with Gasteiger partial charge in [-0.05, 0) is 86.3 Å². The van der Waals surface area contributed by atoms with Crippen molar-refractivity contribution in [2.24, 2.45) is 0 Å². The van der Waals surface area contributed by atoms with Crippen molar-refractivity contribution in [3.63, 3.8) is 0 Å². The predicted molar refractivity (Wildman–Crippen MR) is 139 cm³/mol. The van der Waals surface area contributed by atoms with Crippen molar-refractivity contribution < 1.29 is 28.6 Å². The number of aliphatic hydroxyl groups is 1. The number of aliphatic hydroxyl groups excluding tert-OH is 1. The predicted octanol–water partition coefficient (Wildman–Crippen LogP) is 5.59. The van der Waals surface area contributed by atoms with E-state index in [2.05, 4.69) is 0 Å². The summed E-state index contributed by atoms with van der Waals surface area (Å²) in [4.78, 5) is 28.1. The molecule has 0 bridgehead atoms. The van der Waals surface area contributed by atoms with E-state index in [1.807, 2.05) is 26.0 Å². The zero-order valence-corrected chi connectivity index (χ0v) is 21.3. The van der Waals surface area contributed by atoms with Gasteiger partial charge in [0, 0.05) is 12.1 Å². The van der Waals surface area contributed by atoms with Crippen LogP contribution in [0.15, 0.2) is 72.3 Å². The number of carbonyl (C=O) groups is 2. The maximum Gasteiger partial charge on any atom is 0.295 e. The monoisotopic (exact) mass is 503 g/mol. The van der Waals surface area contributed by atoms with E-state index >= 15 is 0 Å². The molecule has 0 spiro atoms. The Hall–Kier alpha value is -4.13. The topological polar surface area (TPSA) is 76.1 Å². The van der Waals surface area contributed by atoms with Crippen molar-refractivity contribution in [1.82, 2.24) is 4.90 Å². The molecule has 1 atom stereocenters. The summed E-state index contributed by atoms with van der Waals surface area (Å²) in [7, 11) is 1.55. The Morgan fingerprint density at radius 3 is 2.41 bits per heavy atom. The van der Waals surface area contributed by atoms with Crippen molar-refractivity contribution in [2.75, 3.05) is 13.7 Å². The summed E-state index contributed by atoms with van der Waals surface area (Å²) in [6.45, 7) is 5.82. The molecule has 1 unspecified atom stereocenters. The molecule has 0 aliphatic carbocycles. The van der Waals surface area contributed by atoms with E-state index in [-0.39, 0.29) is 29.8 Å². The number of nitrogens with zero attached hydrogens (tertiary/aromatic N) is 1. The Morgan fingerprint density at radius 1 is 1.03 bits per heavy atom. The number of likely N-dealkylation sites (tertiary alicyclic amines) is 1. The van der Waals surface area contributed by atoms with Crippen LogP contribution in [0.2, 0.25) is 0 Å². The van der Waals surface area contributed by atoms with Crippen molar-refractivity contribution in [3.8, 4) is 11.5 Å². The fourth-order valence-electron chi connectivity index (χ4n) is 4.56. The first-order chi connectivity index (χ1) is 17.7. The van der Waals surface area contributed by atoms with Gasteiger partial charge in [-0.2, -0.15) is 0 Å². The number of amides is 1. The minimum atomic E-state index is -0.822. The molecule has 1 heterocycles. The summed E-state index contributed by atoms with van der Waals surface area (Å²) in [5.74, 6) is -0.841. The van der Waals surface area contributed by atoms with Crippen LogP contribution >= 0.6 is 0 Å². The number of ether oxygens (including phenoxy) is 2. The lowest BCUT2D eigenvalue weighted by atomic mass is 9.93. The lowest BCUT2D eigenvalue weighted by molar-refractivity contribution is -0.139. The van der Waals surface area contributed by atoms with Gasteiger partial charge in [0.1, 0.15) is 23.1 Å². The van der Waals surface area contributed by atoms with Gasteiger partial charge in [0.25, 0.3) is 11.7 Å². The van der Waals surface area contributed by atoms with Gasteiger partial charge >= 0.3 is 0 Å². The highest BCUT2D eigenvalue weighted by molar-refractivity contribution is 6.46. The second kappa shape index (κ2) is 10.9. The average Bonchev–Trinajstić information content (AvgIpc) is 3.12. The molecule has 192 valence electrons.